The molecule has 194 valence electrons. The van der Waals surface area contributed by atoms with Crippen LogP contribution in [0, 0.1) is 13.8 Å². The van der Waals surface area contributed by atoms with Gasteiger partial charge in [-0.1, -0.05) is 13.0 Å². The van der Waals surface area contributed by atoms with Crippen LogP contribution in [0.25, 0.3) is 10.9 Å². The maximum absolute atomic E-state index is 12.8. The molecular formula is C27H35F3N6. The lowest BCUT2D eigenvalue weighted by molar-refractivity contribution is -0.125. The molecule has 0 amide bonds. The normalized spacial score (nSPS) is 13.3. The number of benzene rings is 1. The van der Waals surface area contributed by atoms with Crippen LogP contribution in [0.1, 0.15) is 53.7 Å². The molecule has 0 fully saturated rings. The van der Waals surface area contributed by atoms with Crippen LogP contribution in [-0.4, -0.2) is 52.5 Å². The molecule has 1 unspecified atom stereocenters. The van der Waals surface area contributed by atoms with Crippen molar-refractivity contribution in [1.29, 1.82) is 0 Å². The maximum Gasteiger partial charge on any atom is 0.401 e. The number of halogens is 3. The van der Waals surface area contributed by atoms with Crippen molar-refractivity contribution in [2.75, 3.05) is 20.1 Å². The summed E-state index contributed by atoms with van der Waals surface area (Å²) in [5.41, 5.74) is 6.37. The fourth-order valence-corrected chi connectivity index (χ4v) is 4.53. The number of rotatable bonds is 10. The summed E-state index contributed by atoms with van der Waals surface area (Å²) < 4.78 is 40.3. The summed E-state index contributed by atoms with van der Waals surface area (Å²) in [6.45, 7) is 11.5. The average Bonchev–Trinajstić information content (AvgIpc) is 3.16. The number of aryl methyl sites for hydroxylation is 3. The number of likely N-dealkylation sites (N-methyl/N-ethyl adjacent to an activating group) is 1. The summed E-state index contributed by atoms with van der Waals surface area (Å²) in [5.74, 6) is 0.720. The van der Waals surface area contributed by atoms with E-state index >= 15 is 0 Å². The molecule has 0 aliphatic heterocycles. The van der Waals surface area contributed by atoms with E-state index in [0.717, 1.165) is 57.0 Å². The monoisotopic (exact) mass is 500 g/mol. The first-order chi connectivity index (χ1) is 17.0. The smallest absolute Gasteiger partial charge is 0.376 e. The first-order valence-corrected chi connectivity index (χ1v) is 12.1. The Morgan fingerprint density at radius 2 is 2.00 bits per heavy atom. The molecule has 0 bridgehead atoms. The van der Waals surface area contributed by atoms with E-state index in [-0.39, 0.29) is 12.5 Å². The van der Waals surface area contributed by atoms with Gasteiger partial charge in [-0.3, -0.25) is 9.98 Å². The van der Waals surface area contributed by atoms with Crippen LogP contribution in [0.15, 0.2) is 41.3 Å². The van der Waals surface area contributed by atoms with Crippen molar-refractivity contribution < 1.29 is 13.2 Å². The summed E-state index contributed by atoms with van der Waals surface area (Å²) in [6, 6.07) is 6.14. The van der Waals surface area contributed by atoms with Gasteiger partial charge in [0, 0.05) is 56.4 Å². The van der Waals surface area contributed by atoms with Gasteiger partial charge in [-0.05, 0) is 62.7 Å². The first kappa shape index (κ1) is 27.4. The van der Waals surface area contributed by atoms with Gasteiger partial charge in [-0.25, -0.2) is 4.98 Å². The van der Waals surface area contributed by atoms with Crippen molar-refractivity contribution in [3.63, 3.8) is 0 Å². The van der Waals surface area contributed by atoms with Crippen LogP contribution < -0.4 is 5.32 Å². The van der Waals surface area contributed by atoms with E-state index in [1.54, 1.807) is 6.20 Å². The fourth-order valence-electron chi connectivity index (χ4n) is 4.53. The van der Waals surface area contributed by atoms with Crippen LogP contribution in [0.4, 0.5) is 13.2 Å². The van der Waals surface area contributed by atoms with Crippen LogP contribution >= 0.6 is 0 Å². The summed E-state index contributed by atoms with van der Waals surface area (Å²) in [6.07, 6.45) is 0.0257. The van der Waals surface area contributed by atoms with Crippen molar-refractivity contribution in [2.45, 2.75) is 52.8 Å². The molecule has 1 atom stereocenters. The van der Waals surface area contributed by atoms with Gasteiger partial charge < -0.3 is 14.8 Å². The Balaban J connectivity index is 2.20. The second-order valence-corrected chi connectivity index (χ2v) is 8.98. The molecule has 9 heteroatoms. The van der Waals surface area contributed by atoms with E-state index in [4.69, 9.17) is 4.98 Å². The van der Waals surface area contributed by atoms with Crippen molar-refractivity contribution in [3.8, 4) is 0 Å². The Bertz CT molecular complexity index is 1260. The molecule has 1 aromatic carbocycles. The Kier molecular flexibility index (Phi) is 8.55. The number of fused-ring (bicyclic) bond motifs is 1. The van der Waals surface area contributed by atoms with E-state index in [2.05, 4.69) is 50.5 Å². The Hall–Kier alpha value is -3.20. The molecule has 0 saturated carbocycles. The highest BCUT2D eigenvalue weighted by Gasteiger charge is 2.28. The number of aromatic nitrogens is 3. The number of aliphatic imine (C=N–C) groups is 1. The van der Waals surface area contributed by atoms with Crippen LogP contribution in [0.2, 0.25) is 0 Å². The number of imidazole rings is 1. The Morgan fingerprint density at radius 1 is 1.28 bits per heavy atom. The number of hydrogen-bond acceptors (Lipinski definition) is 5. The van der Waals surface area contributed by atoms with Gasteiger partial charge in [-0.2, -0.15) is 13.2 Å². The van der Waals surface area contributed by atoms with Crippen LogP contribution in [0.5, 0.6) is 0 Å². The van der Waals surface area contributed by atoms with Gasteiger partial charge in [0.1, 0.15) is 5.82 Å². The topological polar surface area (TPSA) is 58.3 Å². The number of nitrogens with zero attached hydrogens (tertiary/aromatic N) is 5. The van der Waals surface area contributed by atoms with Crippen LogP contribution in [0.3, 0.4) is 0 Å². The van der Waals surface area contributed by atoms with Crippen molar-refractivity contribution in [3.05, 3.63) is 70.2 Å². The van der Waals surface area contributed by atoms with E-state index in [9.17, 15) is 13.2 Å². The second kappa shape index (κ2) is 11.2. The average molecular weight is 501 g/mol. The minimum absolute atomic E-state index is 0.107. The number of hydrogen-bond donors (Lipinski definition) is 1. The summed E-state index contributed by atoms with van der Waals surface area (Å²) in [4.78, 5) is 15.5. The Labute approximate surface area is 211 Å². The molecule has 6 nitrogen and oxygen atoms in total. The minimum Gasteiger partial charge on any atom is -0.376 e. The fraction of sp³-hybridized carbons (Fsp3) is 0.444. The van der Waals surface area contributed by atoms with Gasteiger partial charge in [0.25, 0.3) is 0 Å². The standard InChI is InChI=1S/C27H35F3N6/c1-8-22-21(13-32-16-27(28,29)30)17(3)20-12-19(10-11-23(20)34-22)26(24(14-31-5)35(6)9-2)25-15-33-18(4)36(25)7/h10-12,14-15,26,32H,5,8-9,13,16H2,1-4,6-7H3/b24-14-. The highest BCUT2D eigenvalue weighted by atomic mass is 19.4. The van der Waals surface area contributed by atoms with E-state index in [0.29, 0.717) is 6.42 Å². The van der Waals surface area contributed by atoms with Gasteiger partial charge in [0.15, 0.2) is 0 Å². The molecule has 0 radical (unpaired) electrons. The Morgan fingerprint density at radius 3 is 2.56 bits per heavy atom. The molecule has 0 aliphatic carbocycles. The maximum atomic E-state index is 12.8. The zero-order chi connectivity index (χ0) is 26.6. The number of pyridine rings is 1. The summed E-state index contributed by atoms with van der Waals surface area (Å²) in [7, 11) is 4.00. The molecule has 0 spiro atoms. The predicted octanol–water partition coefficient (Wildman–Crippen LogP) is 5.43. The first-order valence-electron chi connectivity index (χ1n) is 12.1. The molecule has 0 saturated heterocycles. The van der Waals surface area contributed by atoms with E-state index in [1.807, 2.05) is 47.1 Å². The third-order valence-electron chi connectivity index (χ3n) is 6.76. The SMILES string of the molecule is C=N/C=C(/C(c1ccc2nc(CC)c(CNCC(F)(F)F)c(C)c2c1)c1cnc(C)n1C)N(C)CC. The molecule has 1 N–H and O–H groups in total. The highest BCUT2D eigenvalue weighted by Crippen LogP contribution is 2.36. The molecule has 36 heavy (non-hydrogen) atoms. The molecular weight excluding hydrogens is 465 g/mol. The number of nitrogens with one attached hydrogen (secondary N) is 1. The predicted molar refractivity (Wildman–Crippen MR) is 139 cm³/mol. The number of alkyl halides is 3. The van der Waals surface area contributed by atoms with Crippen LogP contribution in [-0.2, 0) is 20.0 Å². The third kappa shape index (κ3) is 5.78. The quantitative estimate of drug-likeness (QED) is 0.378. The van der Waals surface area contributed by atoms with E-state index in [1.165, 1.54) is 0 Å². The highest BCUT2D eigenvalue weighted by molar-refractivity contribution is 5.84. The van der Waals surface area contributed by atoms with Gasteiger partial charge in [0.05, 0.1) is 23.7 Å². The van der Waals surface area contributed by atoms with Gasteiger partial charge in [-0.15, -0.1) is 0 Å². The third-order valence-corrected chi connectivity index (χ3v) is 6.76. The molecule has 2 heterocycles. The largest absolute Gasteiger partial charge is 0.401 e. The van der Waals surface area contributed by atoms with Crippen molar-refractivity contribution in [2.24, 2.45) is 12.0 Å². The zero-order valence-corrected chi connectivity index (χ0v) is 21.9. The minimum atomic E-state index is -4.26. The molecule has 3 aromatic rings. The second-order valence-electron chi connectivity index (χ2n) is 8.98. The molecule has 2 aromatic heterocycles. The van der Waals surface area contributed by atoms with E-state index < -0.39 is 12.7 Å². The lowest BCUT2D eigenvalue weighted by atomic mass is 9.89. The zero-order valence-electron chi connectivity index (χ0n) is 21.9. The summed E-state index contributed by atoms with van der Waals surface area (Å²) >= 11 is 0. The summed E-state index contributed by atoms with van der Waals surface area (Å²) in [5, 5.41) is 3.46. The number of allylic oxidation sites excluding steroid dienone is 1. The lowest BCUT2D eigenvalue weighted by Crippen LogP contribution is -2.29. The van der Waals surface area contributed by atoms with Crippen molar-refractivity contribution in [1.82, 2.24) is 24.8 Å². The lowest BCUT2D eigenvalue weighted by Gasteiger charge is -2.29. The molecule has 3 rings (SSSR count). The van der Waals surface area contributed by atoms with Crippen molar-refractivity contribution >= 4 is 17.6 Å². The van der Waals surface area contributed by atoms with Gasteiger partial charge in [0.2, 0.25) is 0 Å². The van der Waals surface area contributed by atoms with Gasteiger partial charge >= 0.3 is 6.18 Å². The molecule has 0 aliphatic rings.